The van der Waals surface area contributed by atoms with Crippen LogP contribution in [0.3, 0.4) is 0 Å². The number of hydrogen-bond donors (Lipinski definition) is 0. The largest absolute Gasteiger partial charge is 0.352 e. The zero-order chi connectivity index (χ0) is 19.8. The van der Waals surface area contributed by atoms with Crippen LogP contribution >= 0.6 is 11.3 Å². The van der Waals surface area contributed by atoms with Crippen molar-refractivity contribution in [1.29, 1.82) is 0 Å². The van der Waals surface area contributed by atoms with Gasteiger partial charge in [-0.2, -0.15) is 0 Å². The summed E-state index contributed by atoms with van der Waals surface area (Å²) in [4.78, 5) is 31.7. The number of hydrogen-bond acceptors (Lipinski definition) is 6. The van der Waals surface area contributed by atoms with Gasteiger partial charge in [0.05, 0.1) is 16.4 Å². The predicted octanol–water partition coefficient (Wildman–Crippen LogP) is 2.95. The normalized spacial score (nSPS) is 14.8. The SMILES string of the molecule is CCc1nc2ccccc2n1CC(=O)N1CCN(c2ncnc3sccc23)CC1. The molecule has 4 aromatic rings. The fourth-order valence-corrected chi connectivity index (χ4v) is 4.73. The van der Waals surface area contributed by atoms with Crippen molar-refractivity contribution >= 4 is 44.3 Å². The number of nitrogens with zero attached hydrogens (tertiary/aromatic N) is 6. The Kier molecular flexibility index (Phi) is 4.63. The fourth-order valence-electron chi connectivity index (χ4n) is 4.00. The van der Waals surface area contributed by atoms with E-state index >= 15 is 0 Å². The van der Waals surface area contributed by atoms with E-state index in [1.807, 2.05) is 34.5 Å². The number of piperazine rings is 1. The van der Waals surface area contributed by atoms with Crippen molar-refractivity contribution in [3.63, 3.8) is 0 Å². The third-order valence-electron chi connectivity index (χ3n) is 5.52. The molecule has 5 rings (SSSR count). The van der Waals surface area contributed by atoms with E-state index in [4.69, 9.17) is 0 Å². The second-order valence-electron chi connectivity index (χ2n) is 7.16. The number of anilines is 1. The van der Waals surface area contributed by atoms with Gasteiger partial charge in [-0.15, -0.1) is 11.3 Å². The molecule has 1 amide bonds. The van der Waals surface area contributed by atoms with E-state index in [2.05, 4.69) is 37.4 Å². The number of carbonyl (C=O) groups excluding carboxylic acids is 1. The molecule has 1 fully saturated rings. The zero-order valence-electron chi connectivity index (χ0n) is 16.3. The number of amides is 1. The van der Waals surface area contributed by atoms with E-state index in [0.717, 1.165) is 52.4 Å². The van der Waals surface area contributed by atoms with Gasteiger partial charge in [0.15, 0.2) is 0 Å². The van der Waals surface area contributed by atoms with Gasteiger partial charge in [-0.05, 0) is 23.6 Å². The van der Waals surface area contributed by atoms with Crippen molar-refractivity contribution in [2.45, 2.75) is 19.9 Å². The van der Waals surface area contributed by atoms with Gasteiger partial charge in [-0.3, -0.25) is 4.79 Å². The highest BCUT2D eigenvalue weighted by Gasteiger charge is 2.24. The lowest BCUT2D eigenvalue weighted by molar-refractivity contribution is -0.132. The van der Waals surface area contributed by atoms with Crippen LogP contribution in [0.25, 0.3) is 21.3 Å². The van der Waals surface area contributed by atoms with Crippen molar-refractivity contribution in [3.8, 4) is 0 Å². The maximum absolute atomic E-state index is 13.0. The van der Waals surface area contributed by atoms with Gasteiger partial charge in [0.1, 0.15) is 29.3 Å². The van der Waals surface area contributed by atoms with Crippen LogP contribution in [0.5, 0.6) is 0 Å². The van der Waals surface area contributed by atoms with Gasteiger partial charge >= 0.3 is 0 Å². The minimum atomic E-state index is 0.144. The van der Waals surface area contributed by atoms with E-state index in [1.165, 1.54) is 0 Å². The molecule has 1 aromatic carbocycles. The Morgan fingerprint density at radius 1 is 1.10 bits per heavy atom. The van der Waals surface area contributed by atoms with Crippen LogP contribution in [0.1, 0.15) is 12.7 Å². The van der Waals surface area contributed by atoms with E-state index in [1.54, 1.807) is 17.7 Å². The maximum atomic E-state index is 13.0. The molecule has 0 bridgehead atoms. The minimum absolute atomic E-state index is 0.144. The quantitative estimate of drug-likeness (QED) is 0.521. The molecule has 0 aliphatic carbocycles. The molecule has 148 valence electrons. The summed E-state index contributed by atoms with van der Waals surface area (Å²) in [6.07, 6.45) is 2.43. The minimum Gasteiger partial charge on any atom is -0.352 e. The molecule has 4 heterocycles. The standard InChI is InChI=1S/C21H22N6OS/c1-2-18-24-16-5-3-4-6-17(16)27(18)13-19(28)25-8-10-26(11-9-25)20-15-7-12-29-21(15)23-14-22-20/h3-7,12,14H,2,8-11,13H2,1H3. The van der Waals surface area contributed by atoms with Gasteiger partial charge in [0, 0.05) is 32.6 Å². The first-order chi connectivity index (χ1) is 14.2. The summed E-state index contributed by atoms with van der Waals surface area (Å²) in [6.45, 7) is 5.36. The molecule has 0 spiro atoms. The lowest BCUT2D eigenvalue weighted by Crippen LogP contribution is -2.50. The number of carbonyl (C=O) groups is 1. The maximum Gasteiger partial charge on any atom is 0.242 e. The molecule has 29 heavy (non-hydrogen) atoms. The molecule has 0 N–H and O–H groups in total. The van der Waals surface area contributed by atoms with Crippen LogP contribution in [-0.2, 0) is 17.8 Å². The number of aromatic nitrogens is 4. The monoisotopic (exact) mass is 406 g/mol. The smallest absolute Gasteiger partial charge is 0.242 e. The first-order valence-electron chi connectivity index (χ1n) is 9.89. The van der Waals surface area contributed by atoms with Crippen molar-refractivity contribution in [2.24, 2.45) is 0 Å². The van der Waals surface area contributed by atoms with Gasteiger partial charge in [-0.1, -0.05) is 19.1 Å². The number of rotatable bonds is 4. The van der Waals surface area contributed by atoms with Gasteiger partial charge < -0.3 is 14.4 Å². The molecule has 1 saturated heterocycles. The van der Waals surface area contributed by atoms with Crippen LogP contribution in [-0.4, -0.2) is 56.5 Å². The van der Waals surface area contributed by atoms with Crippen molar-refractivity contribution < 1.29 is 4.79 Å². The Bertz CT molecular complexity index is 1170. The fraction of sp³-hybridized carbons (Fsp3) is 0.333. The molecule has 0 saturated carbocycles. The lowest BCUT2D eigenvalue weighted by Gasteiger charge is -2.35. The Hall–Kier alpha value is -3.00. The van der Waals surface area contributed by atoms with E-state index in [0.29, 0.717) is 19.6 Å². The summed E-state index contributed by atoms with van der Waals surface area (Å²) in [5.74, 6) is 2.07. The molecule has 7 nitrogen and oxygen atoms in total. The topological polar surface area (TPSA) is 67.2 Å². The van der Waals surface area contributed by atoms with Gasteiger partial charge in [0.2, 0.25) is 5.91 Å². The Morgan fingerprint density at radius 2 is 1.93 bits per heavy atom. The predicted molar refractivity (Wildman–Crippen MR) is 115 cm³/mol. The molecular formula is C21H22N6OS. The lowest BCUT2D eigenvalue weighted by atomic mass is 10.2. The molecule has 8 heteroatoms. The third-order valence-corrected chi connectivity index (χ3v) is 6.34. The third kappa shape index (κ3) is 3.23. The van der Waals surface area contributed by atoms with E-state index in [-0.39, 0.29) is 5.91 Å². The number of imidazole rings is 1. The Balaban J connectivity index is 1.30. The molecule has 0 unspecified atom stereocenters. The van der Waals surface area contributed by atoms with Crippen LogP contribution in [0.2, 0.25) is 0 Å². The van der Waals surface area contributed by atoms with E-state index in [9.17, 15) is 4.79 Å². The second-order valence-corrected chi connectivity index (χ2v) is 8.06. The molecule has 3 aromatic heterocycles. The summed E-state index contributed by atoms with van der Waals surface area (Å²) in [6, 6.07) is 10.1. The summed E-state index contributed by atoms with van der Waals surface area (Å²) in [5, 5.41) is 3.14. The highest BCUT2D eigenvalue weighted by Crippen LogP contribution is 2.27. The van der Waals surface area contributed by atoms with E-state index < -0.39 is 0 Å². The average Bonchev–Trinajstić information content (AvgIpc) is 3.38. The highest BCUT2D eigenvalue weighted by atomic mass is 32.1. The number of benzene rings is 1. The van der Waals surface area contributed by atoms with Gasteiger partial charge in [0.25, 0.3) is 0 Å². The van der Waals surface area contributed by atoms with Crippen molar-refractivity contribution in [1.82, 2.24) is 24.4 Å². The Labute approximate surface area is 172 Å². The van der Waals surface area contributed by atoms with Crippen LogP contribution in [0.15, 0.2) is 42.0 Å². The Morgan fingerprint density at radius 3 is 2.76 bits per heavy atom. The number of fused-ring (bicyclic) bond motifs is 2. The summed E-state index contributed by atoms with van der Waals surface area (Å²) in [7, 11) is 0. The first-order valence-corrected chi connectivity index (χ1v) is 10.8. The first kappa shape index (κ1) is 18.1. The molecule has 1 aliphatic rings. The van der Waals surface area contributed by atoms with Crippen molar-refractivity contribution in [3.05, 3.63) is 47.9 Å². The number of thiophene rings is 1. The zero-order valence-corrected chi connectivity index (χ0v) is 17.1. The summed E-state index contributed by atoms with van der Waals surface area (Å²) in [5.41, 5.74) is 1.97. The van der Waals surface area contributed by atoms with Crippen LogP contribution in [0, 0.1) is 0 Å². The number of para-hydroxylation sites is 2. The van der Waals surface area contributed by atoms with Crippen molar-refractivity contribution in [2.75, 3.05) is 31.1 Å². The van der Waals surface area contributed by atoms with Crippen LogP contribution in [0.4, 0.5) is 5.82 Å². The summed E-state index contributed by atoms with van der Waals surface area (Å²) >= 11 is 1.63. The average molecular weight is 407 g/mol. The molecule has 0 radical (unpaired) electrons. The van der Waals surface area contributed by atoms with Crippen LogP contribution < -0.4 is 4.90 Å². The van der Waals surface area contributed by atoms with Gasteiger partial charge in [-0.25, -0.2) is 15.0 Å². The second kappa shape index (κ2) is 7.44. The summed E-state index contributed by atoms with van der Waals surface area (Å²) < 4.78 is 2.06. The molecule has 1 aliphatic heterocycles. The number of aryl methyl sites for hydroxylation is 1. The highest BCUT2D eigenvalue weighted by molar-refractivity contribution is 7.16. The molecular weight excluding hydrogens is 384 g/mol. The molecule has 0 atom stereocenters.